The maximum absolute atomic E-state index is 13.6. The number of phenolic OH excluding ortho intramolecular Hbond substituents is 2. The number of phenols is 2. The molecule has 248 valence electrons. The van der Waals surface area contributed by atoms with Gasteiger partial charge in [-0.2, -0.15) is 0 Å². The lowest BCUT2D eigenvalue weighted by Crippen LogP contribution is -2.39. The summed E-state index contributed by atoms with van der Waals surface area (Å²) in [5.74, 6) is -1.84. The highest BCUT2D eigenvalue weighted by Gasteiger charge is 2.32. The van der Waals surface area contributed by atoms with Gasteiger partial charge in [-0.1, -0.05) is 48.6 Å². The van der Waals surface area contributed by atoms with Crippen LogP contribution in [-0.4, -0.2) is 58.5 Å². The number of allylic oxidation sites excluding steroid dienone is 1. The Labute approximate surface area is 274 Å². The van der Waals surface area contributed by atoms with E-state index in [4.69, 9.17) is 14.2 Å². The van der Waals surface area contributed by atoms with Crippen molar-refractivity contribution < 1.29 is 43.9 Å². The first-order valence-electron chi connectivity index (χ1n) is 16.0. The van der Waals surface area contributed by atoms with Gasteiger partial charge >= 0.3 is 5.97 Å². The van der Waals surface area contributed by atoms with Gasteiger partial charge in [0, 0.05) is 30.7 Å². The Balaban J connectivity index is 1.53. The van der Waals surface area contributed by atoms with Gasteiger partial charge in [0.1, 0.15) is 22.8 Å². The van der Waals surface area contributed by atoms with Crippen molar-refractivity contribution in [1.82, 2.24) is 5.32 Å². The Kier molecular flexibility index (Phi) is 11.2. The fourth-order valence-electron chi connectivity index (χ4n) is 6.07. The van der Waals surface area contributed by atoms with Gasteiger partial charge in [0.05, 0.1) is 18.8 Å². The van der Waals surface area contributed by atoms with E-state index in [0.29, 0.717) is 62.0 Å². The highest BCUT2D eigenvalue weighted by molar-refractivity contribution is 5.98. The minimum Gasteiger partial charge on any atom is -0.507 e. The van der Waals surface area contributed by atoms with Crippen molar-refractivity contribution in [3.05, 3.63) is 88.5 Å². The number of esters is 1. The van der Waals surface area contributed by atoms with Gasteiger partial charge in [-0.3, -0.25) is 9.59 Å². The van der Waals surface area contributed by atoms with Gasteiger partial charge in [-0.25, -0.2) is 4.79 Å². The molecule has 0 saturated heterocycles. The molecule has 0 fully saturated rings. The number of nitrogens with one attached hydrogen (secondary N) is 1. The first kappa shape index (κ1) is 33.5. The molecule has 0 bridgehead atoms. The van der Waals surface area contributed by atoms with Crippen LogP contribution in [0.1, 0.15) is 90.4 Å². The van der Waals surface area contributed by atoms with Gasteiger partial charge in [0.2, 0.25) is 12.7 Å². The SMILES string of the molecule is C[C@H]1CCCC(=O)CCC/C=C/c2cc(O)c(C(CC(=O)N[C@@H](CO)Cc3ccccc3)c3ccc4c(c3)OCO4)c(O)c2C(=O)O1. The Morgan fingerprint density at radius 1 is 1.00 bits per heavy atom. The number of hydrogen-bond acceptors (Lipinski definition) is 9. The second kappa shape index (κ2) is 15.6. The van der Waals surface area contributed by atoms with E-state index in [1.54, 1.807) is 37.3 Å². The van der Waals surface area contributed by atoms with Crippen LogP contribution in [0.2, 0.25) is 0 Å². The maximum atomic E-state index is 13.6. The Hall–Kier alpha value is -4.83. The van der Waals surface area contributed by atoms with Gasteiger partial charge in [-0.15, -0.1) is 0 Å². The summed E-state index contributed by atoms with van der Waals surface area (Å²) in [4.78, 5) is 39.4. The predicted octanol–water partition coefficient (Wildman–Crippen LogP) is 5.55. The molecular weight excluding hydrogens is 602 g/mol. The number of fused-ring (bicyclic) bond motifs is 2. The quantitative estimate of drug-likeness (QED) is 0.232. The third-order valence-corrected chi connectivity index (χ3v) is 8.50. The van der Waals surface area contributed by atoms with Crippen LogP contribution >= 0.6 is 0 Å². The molecule has 1 unspecified atom stereocenters. The molecule has 3 atom stereocenters. The normalized spacial score (nSPS) is 18.7. The number of rotatable bonds is 8. The minimum absolute atomic E-state index is 0.0221. The van der Waals surface area contributed by atoms with Gasteiger partial charge in [0.25, 0.3) is 0 Å². The van der Waals surface area contributed by atoms with Crippen LogP contribution in [0.15, 0.2) is 60.7 Å². The molecule has 10 nitrogen and oxygen atoms in total. The van der Waals surface area contributed by atoms with Crippen molar-refractivity contribution in [2.24, 2.45) is 0 Å². The summed E-state index contributed by atoms with van der Waals surface area (Å²) in [5.41, 5.74) is 1.57. The molecule has 0 aromatic heterocycles. The van der Waals surface area contributed by atoms with Crippen molar-refractivity contribution in [3.63, 3.8) is 0 Å². The number of cyclic esters (lactones) is 1. The van der Waals surface area contributed by atoms with Gasteiger partial charge < -0.3 is 34.8 Å². The zero-order valence-electron chi connectivity index (χ0n) is 26.4. The van der Waals surface area contributed by atoms with Crippen molar-refractivity contribution >= 4 is 23.7 Å². The number of hydrogen-bond donors (Lipinski definition) is 4. The topological polar surface area (TPSA) is 152 Å². The van der Waals surface area contributed by atoms with E-state index in [-0.39, 0.29) is 48.0 Å². The number of benzene rings is 3. The van der Waals surface area contributed by atoms with Crippen LogP contribution in [0.4, 0.5) is 0 Å². The summed E-state index contributed by atoms with van der Waals surface area (Å²) < 4.78 is 16.8. The van der Waals surface area contributed by atoms with Crippen molar-refractivity contribution in [2.45, 2.75) is 76.4 Å². The number of ether oxygens (including phenoxy) is 3. The van der Waals surface area contributed by atoms with Crippen LogP contribution in [0.25, 0.3) is 6.08 Å². The van der Waals surface area contributed by atoms with Crippen LogP contribution in [0.3, 0.4) is 0 Å². The highest BCUT2D eigenvalue weighted by atomic mass is 16.7. The van der Waals surface area contributed by atoms with Crippen molar-refractivity contribution in [2.75, 3.05) is 13.4 Å². The lowest BCUT2D eigenvalue weighted by molar-refractivity contribution is -0.122. The molecule has 2 aliphatic rings. The Morgan fingerprint density at radius 3 is 2.55 bits per heavy atom. The van der Waals surface area contributed by atoms with Crippen molar-refractivity contribution in [1.29, 1.82) is 0 Å². The molecule has 1 amide bonds. The van der Waals surface area contributed by atoms with E-state index in [1.807, 2.05) is 30.3 Å². The number of aliphatic hydroxyl groups is 1. The van der Waals surface area contributed by atoms with Crippen LogP contribution in [-0.2, 0) is 20.7 Å². The average molecular weight is 644 g/mol. The summed E-state index contributed by atoms with van der Waals surface area (Å²) in [6, 6.07) is 15.3. The largest absolute Gasteiger partial charge is 0.507 e. The number of carbonyl (C=O) groups is 3. The average Bonchev–Trinajstić information content (AvgIpc) is 3.52. The number of Topliss-reactive ketones (excluding diaryl/α,β-unsaturated/α-hetero) is 1. The Morgan fingerprint density at radius 2 is 1.77 bits per heavy atom. The van der Waals surface area contributed by atoms with Gasteiger partial charge in [0.15, 0.2) is 11.5 Å². The van der Waals surface area contributed by atoms with E-state index in [2.05, 4.69) is 5.32 Å². The smallest absolute Gasteiger partial charge is 0.342 e. The number of aromatic hydroxyl groups is 2. The number of ketones is 1. The molecule has 5 rings (SSSR count). The molecule has 10 heteroatoms. The summed E-state index contributed by atoms with van der Waals surface area (Å²) in [6.07, 6.45) is 6.16. The summed E-state index contributed by atoms with van der Waals surface area (Å²) in [5, 5.41) is 36.2. The predicted molar refractivity (Wildman–Crippen MR) is 175 cm³/mol. The second-order valence-corrected chi connectivity index (χ2v) is 12.1. The third-order valence-electron chi connectivity index (χ3n) is 8.50. The zero-order valence-corrected chi connectivity index (χ0v) is 26.4. The maximum Gasteiger partial charge on any atom is 0.342 e. The molecule has 0 aliphatic carbocycles. The molecule has 3 aromatic carbocycles. The van der Waals surface area contributed by atoms with E-state index in [9.17, 15) is 29.7 Å². The standard InChI is InChI=1S/C37H41NO9/c1-23-9-8-14-28(40)13-7-3-6-12-26-18-30(41)35(36(43)34(26)37(44)47-23)29(25-15-16-31-32(19-25)46-22-45-31)20-33(42)38-27(21-39)17-24-10-4-2-5-11-24/h2,4-6,10-12,15-16,18-19,23,27,29,39,41,43H,3,7-9,13-14,17,20-22H2,1H3,(H,38,42)/b12-6+/t23-,27+,29?/m0/s1. The third kappa shape index (κ3) is 8.51. The summed E-state index contributed by atoms with van der Waals surface area (Å²) >= 11 is 0. The molecule has 3 aromatic rings. The monoisotopic (exact) mass is 643 g/mol. The van der Waals surface area contributed by atoms with Crippen LogP contribution in [0, 0.1) is 0 Å². The number of amides is 1. The summed E-state index contributed by atoms with van der Waals surface area (Å²) in [7, 11) is 0. The molecule has 0 saturated carbocycles. The molecular formula is C37H41NO9. The Bertz CT molecular complexity index is 1620. The van der Waals surface area contributed by atoms with E-state index < -0.39 is 35.7 Å². The van der Waals surface area contributed by atoms with Crippen molar-refractivity contribution in [3.8, 4) is 23.0 Å². The lowest BCUT2D eigenvalue weighted by atomic mass is 9.84. The van der Waals surface area contributed by atoms with Gasteiger partial charge in [-0.05, 0) is 73.9 Å². The van der Waals surface area contributed by atoms with E-state index >= 15 is 0 Å². The number of carbonyl (C=O) groups excluding carboxylic acids is 3. The minimum atomic E-state index is -0.931. The van der Waals surface area contributed by atoms with E-state index in [1.165, 1.54) is 6.07 Å². The molecule has 4 N–H and O–H groups in total. The summed E-state index contributed by atoms with van der Waals surface area (Å²) in [6.45, 7) is 1.46. The number of aliphatic hydroxyl groups excluding tert-OH is 1. The fourth-order valence-corrected chi connectivity index (χ4v) is 6.07. The molecule has 2 aliphatic heterocycles. The van der Waals surface area contributed by atoms with E-state index in [0.717, 1.165) is 5.56 Å². The first-order valence-corrected chi connectivity index (χ1v) is 16.0. The molecule has 0 radical (unpaired) electrons. The molecule has 0 spiro atoms. The molecule has 47 heavy (non-hydrogen) atoms. The molecule has 2 heterocycles. The fraction of sp³-hybridized carbons (Fsp3) is 0.378. The second-order valence-electron chi connectivity index (χ2n) is 12.1. The highest BCUT2D eigenvalue weighted by Crippen LogP contribution is 2.46. The first-order chi connectivity index (χ1) is 22.7. The van der Waals surface area contributed by atoms with Crippen LogP contribution < -0.4 is 14.8 Å². The lowest BCUT2D eigenvalue weighted by Gasteiger charge is -2.24. The van der Waals surface area contributed by atoms with Crippen LogP contribution in [0.5, 0.6) is 23.0 Å². The zero-order chi connectivity index (χ0) is 33.3.